The Hall–Kier alpha value is -0.870. The minimum Gasteiger partial charge on any atom is -0.379 e. The summed E-state index contributed by atoms with van der Waals surface area (Å²) in [4.78, 5) is 0. The summed E-state index contributed by atoms with van der Waals surface area (Å²) >= 11 is 0. The molecular formula is C13H21N3O. The number of nitrogens with one attached hydrogen (secondary N) is 1. The molecule has 3 rings (SSSR count). The number of nitrogens with zero attached hydrogens (tertiary/aromatic N) is 2. The Kier molecular flexibility index (Phi) is 2.92. The number of aryl methyl sites for hydroxylation is 1. The van der Waals surface area contributed by atoms with Crippen LogP contribution in [0.1, 0.15) is 42.3 Å². The van der Waals surface area contributed by atoms with Crippen LogP contribution in [-0.4, -0.2) is 29.0 Å². The first-order valence-electron chi connectivity index (χ1n) is 6.61. The fourth-order valence-corrected chi connectivity index (χ4v) is 2.56. The van der Waals surface area contributed by atoms with E-state index in [-0.39, 0.29) is 0 Å². The molecule has 1 aliphatic carbocycles. The molecule has 0 spiro atoms. The van der Waals surface area contributed by atoms with Gasteiger partial charge in [-0.2, -0.15) is 5.10 Å². The molecule has 1 aromatic rings. The molecular weight excluding hydrogens is 214 g/mol. The Bertz CT molecular complexity index is 403. The van der Waals surface area contributed by atoms with Gasteiger partial charge in [0.15, 0.2) is 0 Å². The van der Waals surface area contributed by atoms with Crippen molar-refractivity contribution in [1.29, 1.82) is 0 Å². The lowest BCUT2D eigenvalue weighted by Crippen LogP contribution is -2.17. The zero-order valence-electron chi connectivity index (χ0n) is 10.7. The van der Waals surface area contributed by atoms with E-state index in [4.69, 9.17) is 4.74 Å². The molecule has 1 N–H and O–H groups in total. The Labute approximate surface area is 102 Å². The fraction of sp³-hybridized carbons (Fsp3) is 0.769. The zero-order valence-corrected chi connectivity index (χ0v) is 10.7. The molecule has 0 bridgehead atoms. The molecule has 94 valence electrons. The summed E-state index contributed by atoms with van der Waals surface area (Å²) in [6.45, 7) is 6.96. The number of hydrogen-bond donors (Lipinski definition) is 1. The second kappa shape index (κ2) is 4.42. The van der Waals surface area contributed by atoms with Crippen LogP contribution in [-0.2, 0) is 11.3 Å². The van der Waals surface area contributed by atoms with Crippen molar-refractivity contribution in [3.8, 4) is 0 Å². The molecule has 1 atom stereocenters. The summed E-state index contributed by atoms with van der Waals surface area (Å²) < 4.78 is 7.62. The predicted octanol–water partition coefficient (Wildman–Crippen LogP) is 1.71. The topological polar surface area (TPSA) is 39.1 Å². The van der Waals surface area contributed by atoms with Crippen LogP contribution in [0.25, 0.3) is 0 Å². The third-order valence-electron chi connectivity index (χ3n) is 3.87. The molecule has 1 aliphatic heterocycles. The van der Waals surface area contributed by atoms with Crippen LogP contribution in [0.4, 0.5) is 0 Å². The molecule has 4 nitrogen and oxygen atoms in total. The van der Waals surface area contributed by atoms with Gasteiger partial charge in [-0.3, -0.25) is 4.68 Å². The quantitative estimate of drug-likeness (QED) is 0.863. The highest BCUT2D eigenvalue weighted by Gasteiger charge is 2.24. The highest BCUT2D eigenvalue weighted by molar-refractivity contribution is 5.25. The van der Waals surface area contributed by atoms with Crippen molar-refractivity contribution in [2.45, 2.75) is 51.7 Å². The maximum absolute atomic E-state index is 5.45. The summed E-state index contributed by atoms with van der Waals surface area (Å²) in [5.41, 5.74) is 3.86. The normalized spacial score (nSPS) is 24.5. The van der Waals surface area contributed by atoms with E-state index in [1.165, 1.54) is 29.8 Å². The van der Waals surface area contributed by atoms with Gasteiger partial charge >= 0.3 is 0 Å². The van der Waals surface area contributed by atoms with Crippen LogP contribution in [0.5, 0.6) is 0 Å². The maximum atomic E-state index is 5.45. The maximum Gasteiger partial charge on any atom is 0.0777 e. The largest absolute Gasteiger partial charge is 0.379 e. The van der Waals surface area contributed by atoms with E-state index >= 15 is 0 Å². The van der Waals surface area contributed by atoms with Gasteiger partial charge in [0.1, 0.15) is 0 Å². The first kappa shape index (κ1) is 11.2. The minimum absolute atomic E-state index is 0.448. The molecule has 1 saturated heterocycles. The fourth-order valence-electron chi connectivity index (χ4n) is 2.56. The summed E-state index contributed by atoms with van der Waals surface area (Å²) in [6.07, 6.45) is 3.77. The molecule has 1 aromatic heterocycles. The molecule has 4 heteroatoms. The molecule has 0 amide bonds. The third-order valence-corrected chi connectivity index (χ3v) is 3.87. The second-order valence-corrected chi connectivity index (χ2v) is 5.27. The van der Waals surface area contributed by atoms with E-state index in [2.05, 4.69) is 28.9 Å². The zero-order chi connectivity index (χ0) is 11.8. The summed E-state index contributed by atoms with van der Waals surface area (Å²) in [5, 5.41) is 8.26. The highest BCUT2D eigenvalue weighted by Crippen LogP contribution is 2.25. The molecule has 0 aromatic carbocycles. The van der Waals surface area contributed by atoms with E-state index in [1.807, 2.05) is 0 Å². The summed E-state index contributed by atoms with van der Waals surface area (Å²) in [5.74, 6) is 0. The average Bonchev–Trinajstić information content (AvgIpc) is 2.89. The molecule has 17 heavy (non-hydrogen) atoms. The molecule has 0 radical (unpaired) electrons. The molecule has 1 saturated carbocycles. The summed E-state index contributed by atoms with van der Waals surface area (Å²) in [7, 11) is 0. The van der Waals surface area contributed by atoms with E-state index < -0.39 is 0 Å². The number of aromatic nitrogens is 2. The van der Waals surface area contributed by atoms with Gasteiger partial charge < -0.3 is 10.1 Å². The standard InChI is InChI=1S/C13H21N3O/c1-9-13(7-14-11-3-4-11)10(2)16(15-9)12-5-6-17-8-12/h11-12,14H,3-8H2,1-2H3. The first-order chi connectivity index (χ1) is 8.25. The lowest BCUT2D eigenvalue weighted by Gasteiger charge is -2.11. The molecule has 2 fully saturated rings. The van der Waals surface area contributed by atoms with E-state index in [0.29, 0.717) is 6.04 Å². The lowest BCUT2D eigenvalue weighted by atomic mass is 10.2. The van der Waals surface area contributed by atoms with Crippen molar-refractivity contribution in [2.75, 3.05) is 13.2 Å². The van der Waals surface area contributed by atoms with Gasteiger partial charge in [-0.25, -0.2) is 0 Å². The van der Waals surface area contributed by atoms with E-state index in [9.17, 15) is 0 Å². The van der Waals surface area contributed by atoms with Crippen molar-refractivity contribution >= 4 is 0 Å². The lowest BCUT2D eigenvalue weighted by molar-refractivity contribution is 0.184. The van der Waals surface area contributed by atoms with Crippen molar-refractivity contribution in [3.05, 3.63) is 17.0 Å². The van der Waals surface area contributed by atoms with Crippen LogP contribution < -0.4 is 5.32 Å². The van der Waals surface area contributed by atoms with Gasteiger partial charge in [-0.05, 0) is 33.1 Å². The van der Waals surface area contributed by atoms with Gasteiger partial charge in [0.05, 0.1) is 18.3 Å². The second-order valence-electron chi connectivity index (χ2n) is 5.27. The van der Waals surface area contributed by atoms with Gasteiger partial charge in [-0.15, -0.1) is 0 Å². The SMILES string of the molecule is Cc1nn(C2CCOC2)c(C)c1CNC1CC1. The number of rotatable bonds is 4. The van der Waals surface area contributed by atoms with Crippen LogP contribution in [0.3, 0.4) is 0 Å². The molecule has 2 heterocycles. The van der Waals surface area contributed by atoms with Gasteiger partial charge in [-0.1, -0.05) is 0 Å². The monoisotopic (exact) mass is 235 g/mol. The van der Waals surface area contributed by atoms with E-state index in [0.717, 1.165) is 32.2 Å². The van der Waals surface area contributed by atoms with Crippen LogP contribution in [0.2, 0.25) is 0 Å². The highest BCUT2D eigenvalue weighted by atomic mass is 16.5. The minimum atomic E-state index is 0.448. The van der Waals surface area contributed by atoms with E-state index in [1.54, 1.807) is 0 Å². The third kappa shape index (κ3) is 2.24. The average molecular weight is 235 g/mol. The Morgan fingerprint density at radius 3 is 2.82 bits per heavy atom. The van der Waals surface area contributed by atoms with Crippen molar-refractivity contribution in [3.63, 3.8) is 0 Å². The van der Waals surface area contributed by atoms with Crippen molar-refractivity contribution in [1.82, 2.24) is 15.1 Å². The van der Waals surface area contributed by atoms with Gasteiger partial charge in [0.2, 0.25) is 0 Å². The Morgan fingerprint density at radius 1 is 1.35 bits per heavy atom. The smallest absolute Gasteiger partial charge is 0.0777 e. The first-order valence-corrected chi connectivity index (χ1v) is 6.61. The molecule has 1 unspecified atom stereocenters. The predicted molar refractivity (Wildman–Crippen MR) is 66.0 cm³/mol. The van der Waals surface area contributed by atoms with Crippen molar-refractivity contribution in [2.24, 2.45) is 0 Å². The number of ether oxygens (including phenoxy) is 1. The molecule has 2 aliphatic rings. The van der Waals surface area contributed by atoms with Crippen LogP contribution >= 0.6 is 0 Å². The van der Waals surface area contributed by atoms with Crippen molar-refractivity contribution < 1.29 is 4.74 Å². The van der Waals surface area contributed by atoms with Gasteiger partial charge in [0, 0.05) is 30.5 Å². The Morgan fingerprint density at radius 2 is 2.18 bits per heavy atom. The van der Waals surface area contributed by atoms with Crippen LogP contribution in [0, 0.1) is 13.8 Å². The number of hydrogen-bond acceptors (Lipinski definition) is 3. The van der Waals surface area contributed by atoms with Gasteiger partial charge in [0.25, 0.3) is 0 Å². The van der Waals surface area contributed by atoms with Crippen LogP contribution in [0.15, 0.2) is 0 Å². The summed E-state index contributed by atoms with van der Waals surface area (Å²) in [6, 6.07) is 1.20. The Balaban J connectivity index is 1.77.